The topological polar surface area (TPSA) is 95.7 Å². The molecule has 32 heavy (non-hydrogen) atoms. The molecule has 2 aliphatic rings. The molecule has 1 aromatic heterocycles. The van der Waals surface area contributed by atoms with Crippen molar-refractivity contribution in [2.45, 2.75) is 32.2 Å². The van der Waals surface area contributed by atoms with E-state index in [1.54, 1.807) is 11.8 Å². The number of amides is 3. The zero-order chi connectivity index (χ0) is 23.0. The normalized spacial score (nSPS) is 17.2. The van der Waals surface area contributed by atoms with E-state index >= 15 is 0 Å². The zero-order valence-electron chi connectivity index (χ0n) is 17.6. The van der Waals surface area contributed by atoms with Crippen LogP contribution in [0.25, 0.3) is 0 Å². The van der Waals surface area contributed by atoms with Crippen LogP contribution in [0.5, 0.6) is 0 Å². The predicted octanol–water partition coefficient (Wildman–Crippen LogP) is 2.91. The minimum absolute atomic E-state index is 0.0542. The number of anilines is 1. The Hall–Kier alpha value is -2.49. The van der Waals surface area contributed by atoms with Gasteiger partial charge in [-0.25, -0.2) is 4.39 Å². The maximum Gasteiger partial charge on any atom is 0.256 e. The number of nitrogens with two attached hydrogens (primary N) is 1. The molecule has 0 bridgehead atoms. The van der Waals surface area contributed by atoms with Gasteiger partial charge in [0.1, 0.15) is 10.8 Å². The molecular weight excluding hydrogens is 455 g/mol. The number of carbonyl (C=O) groups excluding carboxylic acids is 3. The molecule has 0 radical (unpaired) electrons. The Balaban J connectivity index is 1.38. The molecule has 170 valence electrons. The van der Waals surface area contributed by atoms with E-state index < -0.39 is 23.7 Å². The van der Waals surface area contributed by atoms with Crippen LogP contribution >= 0.6 is 22.9 Å². The molecule has 1 aliphatic carbocycles. The summed E-state index contributed by atoms with van der Waals surface area (Å²) in [6, 6.07) is 3.44. The largest absolute Gasteiger partial charge is 0.365 e. The lowest BCUT2D eigenvalue weighted by molar-refractivity contribution is -0.121. The van der Waals surface area contributed by atoms with Crippen molar-refractivity contribution >= 4 is 45.7 Å². The summed E-state index contributed by atoms with van der Waals surface area (Å²) in [5.74, 6) is -1.77. The van der Waals surface area contributed by atoms with Gasteiger partial charge in [-0.05, 0) is 49.9 Å². The van der Waals surface area contributed by atoms with Gasteiger partial charge in [-0.2, -0.15) is 0 Å². The molecule has 4 rings (SSSR count). The summed E-state index contributed by atoms with van der Waals surface area (Å²) in [7, 11) is 0. The fraction of sp³-hybridized carbons (Fsp3) is 0.409. The maximum atomic E-state index is 14.0. The first-order valence-electron chi connectivity index (χ1n) is 10.5. The first kappa shape index (κ1) is 22.7. The summed E-state index contributed by atoms with van der Waals surface area (Å²) in [4.78, 5) is 42.2. The van der Waals surface area contributed by atoms with E-state index in [4.69, 9.17) is 17.3 Å². The summed E-state index contributed by atoms with van der Waals surface area (Å²) < 4.78 is 14.0. The highest BCUT2D eigenvalue weighted by atomic mass is 35.5. The van der Waals surface area contributed by atoms with Crippen molar-refractivity contribution in [3.8, 4) is 0 Å². The number of piperazine rings is 1. The van der Waals surface area contributed by atoms with Crippen LogP contribution in [0.1, 0.15) is 44.5 Å². The van der Waals surface area contributed by atoms with Gasteiger partial charge in [0.2, 0.25) is 5.91 Å². The van der Waals surface area contributed by atoms with Crippen LogP contribution < -0.4 is 11.1 Å². The number of rotatable bonds is 5. The summed E-state index contributed by atoms with van der Waals surface area (Å²) >= 11 is 7.33. The molecule has 0 spiro atoms. The lowest BCUT2D eigenvalue weighted by atomic mass is 10.1. The van der Waals surface area contributed by atoms with E-state index in [1.807, 2.05) is 4.90 Å². The monoisotopic (exact) mass is 478 g/mol. The predicted molar refractivity (Wildman–Crippen MR) is 122 cm³/mol. The quantitative estimate of drug-likeness (QED) is 0.690. The molecule has 1 atom stereocenters. The first-order chi connectivity index (χ1) is 15.3. The average molecular weight is 479 g/mol. The number of carbonyl (C=O) groups is 3. The highest BCUT2D eigenvalue weighted by molar-refractivity contribution is 7.17. The van der Waals surface area contributed by atoms with E-state index in [9.17, 15) is 18.8 Å². The highest BCUT2D eigenvalue weighted by Gasteiger charge is 2.31. The number of primary amides is 1. The molecule has 2 heterocycles. The van der Waals surface area contributed by atoms with Crippen molar-refractivity contribution in [1.82, 2.24) is 9.80 Å². The molecule has 1 aliphatic heterocycles. The Kier molecular flexibility index (Phi) is 6.50. The minimum atomic E-state index is -0.609. The molecule has 2 aromatic rings. The number of thiophene rings is 1. The van der Waals surface area contributed by atoms with Crippen molar-refractivity contribution in [3.05, 3.63) is 50.6 Å². The van der Waals surface area contributed by atoms with E-state index in [0.29, 0.717) is 41.8 Å². The summed E-state index contributed by atoms with van der Waals surface area (Å²) in [5, 5.41) is 3.70. The van der Waals surface area contributed by atoms with Crippen LogP contribution in [-0.2, 0) is 17.6 Å². The summed E-state index contributed by atoms with van der Waals surface area (Å²) in [5.41, 5.74) is 6.91. The van der Waals surface area contributed by atoms with Crippen molar-refractivity contribution in [2.24, 2.45) is 5.73 Å². The Labute approximate surface area is 194 Å². The molecule has 1 saturated heterocycles. The third-order valence-electron chi connectivity index (χ3n) is 6.09. The second kappa shape index (κ2) is 9.17. The van der Waals surface area contributed by atoms with Crippen molar-refractivity contribution in [1.29, 1.82) is 0 Å². The fourth-order valence-corrected chi connectivity index (χ4v) is 5.75. The van der Waals surface area contributed by atoms with E-state index in [-0.39, 0.29) is 11.5 Å². The van der Waals surface area contributed by atoms with Gasteiger partial charge in [0.25, 0.3) is 11.8 Å². The Bertz CT molecular complexity index is 1080. The van der Waals surface area contributed by atoms with Crippen LogP contribution in [0.15, 0.2) is 18.2 Å². The zero-order valence-corrected chi connectivity index (χ0v) is 19.2. The maximum absolute atomic E-state index is 14.0. The third kappa shape index (κ3) is 4.37. The first-order valence-corrected chi connectivity index (χ1v) is 11.7. The number of nitrogens with zero attached hydrogens (tertiary/aromatic N) is 2. The summed E-state index contributed by atoms with van der Waals surface area (Å²) in [6.07, 6.45) is 2.70. The van der Waals surface area contributed by atoms with Gasteiger partial charge in [0.15, 0.2) is 0 Å². The highest BCUT2D eigenvalue weighted by Crippen LogP contribution is 2.39. The molecule has 0 saturated carbocycles. The van der Waals surface area contributed by atoms with Crippen LogP contribution in [0, 0.1) is 5.82 Å². The molecule has 1 unspecified atom stereocenters. The van der Waals surface area contributed by atoms with Gasteiger partial charge in [-0.15, -0.1) is 11.3 Å². The third-order valence-corrected chi connectivity index (χ3v) is 7.53. The number of benzene rings is 1. The van der Waals surface area contributed by atoms with Crippen LogP contribution in [0.3, 0.4) is 0 Å². The number of fused-ring (bicyclic) bond motifs is 1. The van der Waals surface area contributed by atoms with Crippen molar-refractivity contribution in [3.63, 3.8) is 0 Å². The molecule has 3 amide bonds. The van der Waals surface area contributed by atoms with Gasteiger partial charge >= 0.3 is 0 Å². The number of hydrogen-bond acceptors (Lipinski definition) is 5. The minimum Gasteiger partial charge on any atom is -0.365 e. The van der Waals surface area contributed by atoms with Crippen molar-refractivity contribution < 1.29 is 18.8 Å². The molecule has 7 nitrogen and oxygen atoms in total. The van der Waals surface area contributed by atoms with Gasteiger partial charge in [0.05, 0.1) is 17.2 Å². The van der Waals surface area contributed by atoms with Gasteiger partial charge in [-0.3, -0.25) is 19.3 Å². The number of aryl methyl sites for hydroxylation is 1. The fourth-order valence-electron chi connectivity index (χ4n) is 4.28. The van der Waals surface area contributed by atoms with E-state index in [1.165, 1.54) is 29.5 Å². The Morgan fingerprint density at radius 2 is 1.91 bits per heavy atom. The second-order valence-electron chi connectivity index (χ2n) is 8.04. The molecule has 10 heteroatoms. The summed E-state index contributed by atoms with van der Waals surface area (Å²) in [6.45, 7) is 3.44. The number of halogens is 2. The SMILES string of the molecule is CC(C(=O)Nc1sc2c(c1C(N)=O)CCC2)N1CCN(C(=O)c2cc(Cl)ccc2F)CC1. The van der Waals surface area contributed by atoms with Gasteiger partial charge in [0, 0.05) is 36.1 Å². The molecular formula is C22H24ClFN4O3S. The molecule has 1 fully saturated rings. The average Bonchev–Trinajstić information content (AvgIpc) is 3.35. The van der Waals surface area contributed by atoms with E-state index in [2.05, 4.69) is 5.32 Å². The molecule has 1 aromatic carbocycles. The standard InChI is InChI=1S/C22H24ClFN4O3S/c1-12(20(30)26-21-18(19(25)29)14-3-2-4-17(14)32-21)27-7-9-28(10-8-27)22(31)15-11-13(23)5-6-16(15)24/h5-6,11-12H,2-4,7-10H2,1H3,(H2,25,29)(H,26,30). The number of nitrogens with one attached hydrogen (secondary N) is 1. The Morgan fingerprint density at radius 3 is 2.59 bits per heavy atom. The smallest absolute Gasteiger partial charge is 0.256 e. The van der Waals surface area contributed by atoms with Crippen molar-refractivity contribution in [2.75, 3.05) is 31.5 Å². The lowest BCUT2D eigenvalue weighted by Crippen LogP contribution is -2.54. The van der Waals surface area contributed by atoms with Gasteiger partial charge < -0.3 is 16.0 Å². The van der Waals surface area contributed by atoms with E-state index in [0.717, 1.165) is 29.7 Å². The van der Waals surface area contributed by atoms with Gasteiger partial charge in [-0.1, -0.05) is 11.6 Å². The molecule has 3 N–H and O–H groups in total. The van der Waals surface area contributed by atoms with Crippen LogP contribution in [0.2, 0.25) is 5.02 Å². The van der Waals surface area contributed by atoms with Crippen LogP contribution in [0.4, 0.5) is 9.39 Å². The van der Waals surface area contributed by atoms with Crippen LogP contribution in [-0.4, -0.2) is 59.7 Å². The lowest BCUT2D eigenvalue weighted by Gasteiger charge is -2.37. The number of hydrogen-bond donors (Lipinski definition) is 2. The Morgan fingerprint density at radius 1 is 1.19 bits per heavy atom. The second-order valence-corrected chi connectivity index (χ2v) is 9.58.